The van der Waals surface area contributed by atoms with Crippen molar-refractivity contribution in [1.29, 1.82) is 0 Å². The van der Waals surface area contributed by atoms with E-state index in [1.165, 1.54) is 0 Å². The zero-order valence-corrected chi connectivity index (χ0v) is 6.00. The number of hydrogen-bond donors (Lipinski definition) is 4. The lowest BCUT2D eigenvalue weighted by atomic mass is 9.92. The van der Waals surface area contributed by atoms with Gasteiger partial charge in [0.15, 0.2) is 0 Å². The molecule has 1 saturated heterocycles. The molecule has 0 saturated carbocycles. The zero-order chi connectivity index (χ0) is 8.48. The van der Waals surface area contributed by atoms with Gasteiger partial charge in [-0.2, -0.15) is 0 Å². The van der Waals surface area contributed by atoms with Crippen LogP contribution in [0.4, 0.5) is 4.39 Å². The van der Waals surface area contributed by atoms with Crippen LogP contribution in [0.3, 0.4) is 0 Å². The van der Waals surface area contributed by atoms with Crippen molar-refractivity contribution in [1.82, 2.24) is 5.32 Å². The molecule has 1 aliphatic rings. The fraction of sp³-hybridized carbons (Fsp3) is 1.00. The second-order valence-electron chi connectivity index (χ2n) is 2.83. The Morgan fingerprint density at radius 1 is 1.73 bits per heavy atom. The van der Waals surface area contributed by atoms with Crippen molar-refractivity contribution in [2.75, 3.05) is 13.2 Å². The molecule has 0 radical (unpaired) electrons. The number of β-amino-alcohol motifs (C(OH)–C–C–N with tert-alkyl or cyclic N) is 1. The first-order valence-electron chi connectivity index (χ1n) is 3.48. The average Bonchev–Trinajstić information content (AvgIpc) is 2.01. The average molecular weight is 165 g/mol. The Hall–Kier alpha value is -0.230. The molecule has 11 heavy (non-hydrogen) atoms. The Morgan fingerprint density at radius 2 is 2.36 bits per heavy atom. The van der Waals surface area contributed by atoms with Crippen LogP contribution < -0.4 is 5.32 Å². The summed E-state index contributed by atoms with van der Waals surface area (Å²) in [6, 6.07) is 0. The maximum atomic E-state index is 11.7. The highest BCUT2D eigenvalue weighted by Crippen LogP contribution is 2.21. The summed E-state index contributed by atoms with van der Waals surface area (Å²) < 4.78 is 11.7. The second-order valence-corrected chi connectivity index (χ2v) is 2.83. The maximum absolute atomic E-state index is 11.7. The van der Waals surface area contributed by atoms with Crippen molar-refractivity contribution in [3.8, 4) is 0 Å². The zero-order valence-electron chi connectivity index (χ0n) is 6.00. The first-order chi connectivity index (χ1) is 5.08. The van der Waals surface area contributed by atoms with E-state index in [-0.39, 0.29) is 13.0 Å². The molecule has 1 heterocycles. The van der Waals surface area contributed by atoms with Gasteiger partial charge < -0.3 is 15.3 Å². The number of rotatable bonds is 3. The molecule has 3 atom stereocenters. The van der Waals surface area contributed by atoms with Crippen LogP contribution in [0.2, 0.25) is 0 Å². The van der Waals surface area contributed by atoms with Gasteiger partial charge in [-0.15, -0.1) is 0 Å². The van der Waals surface area contributed by atoms with Gasteiger partial charge in [-0.25, -0.2) is 4.39 Å². The summed E-state index contributed by atoms with van der Waals surface area (Å²) in [6.45, 7) is -0.619. The normalized spacial score (nSPS) is 39.8. The van der Waals surface area contributed by atoms with E-state index in [2.05, 4.69) is 5.32 Å². The molecule has 0 aromatic carbocycles. The molecule has 1 rings (SSSR count). The molecular weight excluding hydrogens is 153 g/mol. The molecule has 0 unspecified atom stereocenters. The number of aliphatic hydroxyl groups excluding tert-OH is 2. The molecule has 0 amide bonds. The van der Waals surface area contributed by atoms with E-state index in [0.29, 0.717) is 0 Å². The van der Waals surface area contributed by atoms with E-state index in [9.17, 15) is 9.50 Å². The summed E-state index contributed by atoms with van der Waals surface area (Å²) in [6.07, 6.45) is -2.28. The van der Waals surface area contributed by atoms with Gasteiger partial charge >= 0.3 is 0 Å². The van der Waals surface area contributed by atoms with E-state index < -0.39 is 24.6 Å². The van der Waals surface area contributed by atoms with Crippen molar-refractivity contribution in [2.24, 2.45) is 0 Å². The lowest BCUT2D eigenvalue weighted by Crippen LogP contribution is -2.70. The molecular formula is C6H12FNO3. The monoisotopic (exact) mass is 165 g/mol. The standard InChI is InChI=1S/C6H12FNO3/c7-2-4(9)1-6(11)5(10)3-8-6/h4-5,8-11H,1-3H2/t4-,5+,6-/m0/s1. The van der Waals surface area contributed by atoms with Gasteiger partial charge in [-0.3, -0.25) is 5.32 Å². The largest absolute Gasteiger partial charge is 0.390 e. The van der Waals surface area contributed by atoms with Gasteiger partial charge in [-0.1, -0.05) is 0 Å². The summed E-state index contributed by atoms with van der Waals surface area (Å²) in [5, 5.41) is 29.6. The molecule has 0 aliphatic carbocycles. The van der Waals surface area contributed by atoms with Gasteiger partial charge in [0.25, 0.3) is 0 Å². The molecule has 1 fully saturated rings. The first kappa shape index (κ1) is 8.86. The Labute approximate surface area is 63.7 Å². The molecule has 0 spiro atoms. The number of nitrogens with one attached hydrogen (secondary N) is 1. The molecule has 5 heteroatoms. The predicted octanol–water partition coefficient (Wildman–Crippen LogP) is -1.64. The third-order valence-electron chi connectivity index (χ3n) is 1.88. The summed E-state index contributed by atoms with van der Waals surface area (Å²) in [5.41, 5.74) is -1.48. The minimum absolute atomic E-state index is 0.176. The van der Waals surface area contributed by atoms with Crippen LogP contribution in [0, 0.1) is 0 Å². The molecule has 4 N–H and O–H groups in total. The number of hydrogen-bond acceptors (Lipinski definition) is 4. The topological polar surface area (TPSA) is 72.7 Å². The van der Waals surface area contributed by atoms with Crippen molar-refractivity contribution < 1.29 is 19.7 Å². The van der Waals surface area contributed by atoms with Crippen LogP contribution in [0.15, 0.2) is 0 Å². The van der Waals surface area contributed by atoms with Gasteiger partial charge in [0.1, 0.15) is 18.5 Å². The van der Waals surface area contributed by atoms with Gasteiger partial charge in [0.05, 0.1) is 6.10 Å². The van der Waals surface area contributed by atoms with Gasteiger partial charge in [0, 0.05) is 13.0 Å². The van der Waals surface area contributed by atoms with Crippen molar-refractivity contribution in [3.63, 3.8) is 0 Å². The smallest absolute Gasteiger partial charge is 0.146 e. The summed E-state index contributed by atoms with van der Waals surface area (Å²) in [5.74, 6) is 0. The predicted molar refractivity (Wildman–Crippen MR) is 35.6 cm³/mol. The quantitative estimate of drug-likeness (QED) is 0.405. The van der Waals surface area contributed by atoms with E-state index in [1.807, 2.05) is 0 Å². The summed E-state index contributed by atoms with van der Waals surface area (Å²) >= 11 is 0. The molecule has 1 aliphatic heterocycles. The van der Waals surface area contributed by atoms with Crippen molar-refractivity contribution in [2.45, 2.75) is 24.4 Å². The molecule has 66 valence electrons. The SMILES string of the molecule is O[C@H](CF)C[C@@]1(O)NC[C@H]1O. The fourth-order valence-electron chi connectivity index (χ4n) is 1.05. The molecule has 0 aromatic heterocycles. The number of aliphatic hydroxyl groups is 3. The van der Waals surface area contributed by atoms with Gasteiger partial charge in [-0.05, 0) is 0 Å². The Morgan fingerprint density at radius 3 is 2.64 bits per heavy atom. The van der Waals surface area contributed by atoms with Crippen LogP contribution >= 0.6 is 0 Å². The van der Waals surface area contributed by atoms with Crippen LogP contribution in [0.1, 0.15) is 6.42 Å². The number of halogens is 1. The van der Waals surface area contributed by atoms with E-state index in [4.69, 9.17) is 10.2 Å². The van der Waals surface area contributed by atoms with Crippen molar-refractivity contribution in [3.05, 3.63) is 0 Å². The third-order valence-corrected chi connectivity index (χ3v) is 1.88. The Balaban J connectivity index is 2.35. The van der Waals surface area contributed by atoms with Crippen LogP contribution in [0.25, 0.3) is 0 Å². The van der Waals surface area contributed by atoms with Crippen LogP contribution in [0.5, 0.6) is 0 Å². The van der Waals surface area contributed by atoms with E-state index in [1.54, 1.807) is 0 Å². The summed E-state index contributed by atoms with van der Waals surface area (Å²) in [7, 11) is 0. The number of alkyl halides is 1. The summed E-state index contributed by atoms with van der Waals surface area (Å²) in [4.78, 5) is 0. The van der Waals surface area contributed by atoms with Crippen LogP contribution in [-0.2, 0) is 0 Å². The minimum Gasteiger partial charge on any atom is -0.390 e. The van der Waals surface area contributed by atoms with Gasteiger partial charge in [0.2, 0.25) is 0 Å². The van der Waals surface area contributed by atoms with Crippen LogP contribution in [-0.4, -0.2) is 46.5 Å². The second kappa shape index (κ2) is 3.02. The van der Waals surface area contributed by atoms with E-state index >= 15 is 0 Å². The maximum Gasteiger partial charge on any atom is 0.146 e. The lowest BCUT2D eigenvalue weighted by Gasteiger charge is -2.44. The fourth-order valence-corrected chi connectivity index (χ4v) is 1.05. The Bertz CT molecular complexity index is 146. The Kier molecular flexibility index (Phi) is 2.43. The van der Waals surface area contributed by atoms with Crippen molar-refractivity contribution >= 4 is 0 Å². The minimum atomic E-state index is -1.48. The third kappa shape index (κ3) is 1.67. The first-order valence-corrected chi connectivity index (χ1v) is 3.48. The highest BCUT2D eigenvalue weighted by molar-refractivity contribution is 4.96. The van der Waals surface area contributed by atoms with E-state index in [0.717, 1.165) is 0 Å². The molecule has 0 aromatic rings. The molecule has 0 bridgehead atoms. The lowest BCUT2D eigenvalue weighted by molar-refractivity contribution is -0.176. The molecule has 4 nitrogen and oxygen atoms in total. The highest BCUT2D eigenvalue weighted by Gasteiger charge is 2.44. The highest BCUT2D eigenvalue weighted by atomic mass is 19.1.